The number of rotatable bonds is 4. The summed E-state index contributed by atoms with van der Waals surface area (Å²) in [5.74, 6) is 0. The highest BCUT2D eigenvalue weighted by Gasteiger charge is 2.30. The maximum Gasteiger partial charge on any atom is 0.0220 e. The number of nitrogens with one attached hydrogen (secondary N) is 1. The molecule has 2 rings (SSSR count). The second-order valence-corrected chi connectivity index (χ2v) is 4.95. The molecule has 0 aliphatic heterocycles. The topological polar surface area (TPSA) is 17.0 Å². The first-order chi connectivity index (χ1) is 6.68. The average Bonchev–Trinajstić information content (AvgIpc) is 2.49. The van der Waals surface area contributed by atoms with Crippen LogP contribution < -0.4 is 5.32 Å². The summed E-state index contributed by atoms with van der Waals surface area (Å²) >= 11 is 0. The van der Waals surface area contributed by atoms with E-state index < -0.39 is 0 Å². The number of aromatic nitrogens is 1. The average molecular weight is 192 g/mol. The molecule has 0 atom stereocenters. The van der Waals surface area contributed by atoms with Crippen LogP contribution in [0.4, 0.5) is 0 Å². The number of nitrogens with zero attached hydrogens (tertiary/aromatic N) is 1. The lowest BCUT2D eigenvalue weighted by Gasteiger charge is -2.38. The molecule has 1 aliphatic rings. The maximum atomic E-state index is 3.54. The standard InChI is InChI=1S/C12H20N2/c1-12(5-3-6-12)10-13-8-11-4-7-14(2)9-11/h4,7,9,13H,3,5-6,8,10H2,1-2H3. The normalized spacial score (nSPS) is 19.3. The predicted octanol–water partition coefficient (Wildman–Crippen LogP) is 2.30. The smallest absolute Gasteiger partial charge is 0.0220 e. The first-order valence-electron chi connectivity index (χ1n) is 5.50. The summed E-state index contributed by atoms with van der Waals surface area (Å²) in [6.07, 6.45) is 8.49. The van der Waals surface area contributed by atoms with Gasteiger partial charge in [0.2, 0.25) is 0 Å². The summed E-state index contributed by atoms with van der Waals surface area (Å²) in [5, 5.41) is 3.54. The molecule has 1 heterocycles. The summed E-state index contributed by atoms with van der Waals surface area (Å²) < 4.78 is 2.10. The number of aryl methyl sites for hydroxylation is 1. The molecule has 0 radical (unpaired) electrons. The van der Waals surface area contributed by atoms with Gasteiger partial charge in [0.1, 0.15) is 0 Å². The van der Waals surface area contributed by atoms with Gasteiger partial charge >= 0.3 is 0 Å². The molecule has 1 aliphatic carbocycles. The molecular weight excluding hydrogens is 172 g/mol. The molecule has 0 amide bonds. The Labute approximate surface area is 86.3 Å². The van der Waals surface area contributed by atoms with E-state index in [1.54, 1.807) is 0 Å². The monoisotopic (exact) mass is 192 g/mol. The van der Waals surface area contributed by atoms with Gasteiger partial charge in [-0.05, 0) is 29.9 Å². The Hall–Kier alpha value is -0.760. The van der Waals surface area contributed by atoms with Gasteiger partial charge in [-0.15, -0.1) is 0 Å². The van der Waals surface area contributed by atoms with Gasteiger partial charge in [0.25, 0.3) is 0 Å². The van der Waals surface area contributed by atoms with Crippen LogP contribution in [0, 0.1) is 5.41 Å². The Bertz CT molecular complexity index is 297. The van der Waals surface area contributed by atoms with Crippen molar-refractivity contribution in [2.45, 2.75) is 32.7 Å². The van der Waals surface area contributed by atoms with Crippen LogP contribution in [0.15, 0.2) is 18.5 Å². The lowest BCUT2D eigenvalue weighted by Crippen LogP contribution is -2.36. The fraction of sp³-hybridized carbons (Fsp3) is 0.667. The van der Waals surface area contributed by atoms with E-state index in [-0.39, 0.29) is 0 Å². The molecule has 1 fully saturated rings. The summed E-state index contributed by atoms with van der Waals surface area (Å²) in [4.78, 5) is 0. The van der Waals surface area contributed by atoms with Crippen LogP contribution in [-0.4, -0.2) is 11.1 Å². The van der Waals surface area contributed by atoms with Gasteiger partial charge in [-0.3, -0.25) is 0 Å². The van der Waals surface area contributed by atoms with E-state index in [0.717, 1.165) is 6.54 Å². The Morgan fingerprint density at radius 1 is 1.50 bits per heavy atom. The highest BCUT2D eigenvalue weighted by Crippen LogP contribution is 2.39. The van der Waals surface area contributed by atoms with Crippen molar-refractivity contribution in [3.63, 3.8) is 0 Å². The molecule has 2 heteroatoms. The molecular formula is C12H20N2. The zero-order valence-electron chi connectivity index (χ0n) is 9.21. The fourth-order valence-corrected chi connectivity index (χ4v) is 2.13. The van der Waals surface area contributed by atoms with Gasteiger partial charge in [0.05, 0.1) is 0 Å². The SMILES string of the molecule is Cn1ccc(CNCC2(C)CCC2)c1. The van der Waals surface area contributed by atoms with Gasteiger partial charge in [-0.1, -0.05) is 13.3 Å². The van der Waals surface area contributed by atoms with Crippen molar-refractivity contribution < 1.29 is 0 Å². The Morgan fingerprint density at radius 2 is 2.29 bits per heavy atom. The predicted molar refractivity (Wildman–Crippen MR) is 59.1 cm³/mol. The van der Waals surface area contributed by atoms with Crippen LogP contribution in [0.2, 0.25) is 0 Å². The second kappa shape index (κ2) is 3.77. The van der Waals surface area contributed by atoms with Gasteiger partial charge < -0.3 is 9.88 Å². The quantitative estimate of drug-likeness (QED) is 0.774. The molecule has 1 saturated carbocycles. The van der Waals surface area contributed by atoms with E-state index in [9.17, 15) is 0 Å². The van der Waals surface area contributed by atoms with Crippen molar-refractivity contribution in [2.75, 3.05) is 6.54 Å². The third-order valence-electron chi connectivity index (χ3n) is 3.33. The van der Waals surface area contributed by atoms with Gasteiger partial charge in [-0.2, -0.15) is 0 Å². The van der Waals surface area contributed by atoms with Crippen molar-refractivity contribution in [2.24, 2.45) is 12.5 Å². The highest BCUT2D eigenvalue weighted by atomic mass is 14.9. The largest absolute Gasteiger partial charge is 0.357 e. The van der Waals surface area contributed by atoms with Crippen LogP contribution in [0.3, 0.4) is 0 Å². The maximum absolute atomic E-state index is 3.54. The lowest BCUT2D eigenvalue weighted by molar-refractivity contribution is 0.156. The first kappa shape index (κ1) is 9.78. The second-order valence-electron chi connectivity index (χ2n) is 4.95. The Kier molecular flexibility index (Phi) is 2.64. The minimum Gasteiger partial charge on any atom is -0.357 e. The molecule has 78 valence electrons. The van der Waals surface area contributed by atoms with Crippen molar-refractivity contribution in [1.82, 2.24) is 9.88 Å². The van der Waals surface area contributed by atoms with Crippen LogP contribution in [-0.2, 0) is 13.6 Å². The minimum absolute atomic E-state index is 0.592. The van der Waals surface area contributed by atoms with E-state index in [0.29, 0.717) is 5.41 Å². The van der Waals surface area contributed by atoms with E-state index >= 15 is 0 Å². The molecule has 14 heavy (non-hydrogen) atoms. The molecule has 1 aromatic rings. The van der Waals surface area contributed by atoms with Crippen molar-refractivity contribution in [3.8, 4) is 0 Å². The molecule has 0 aromatic carbocycles. The first-order valence-corrected chi connectivity index (χ1v) is 5.50. The summed E-state index contributed by atoms with van der Waals surface area (Å²) in [6, 6.07) is 2.18. The Balaban J connectivity index is 1.72. The summed E-state index contributed by atoms with van der Waals surface area (Å²) in [5.41, 5.74) is 1.98. The van der Waals surface area contributed by atoms with E-state index in [4.69, 9.17) is 0 Å². The van der Waals surface area contributed by atoms with Crippen molar-refractivity contribution in [3.05, 3.63) is 24.0 Å². The molecule has 1 N–H and O–H groups in total. The van der Waals surface area contributed by atoms with Crippen molar-refractivity contribution >= 4 is 0 Å². The van der Waals surface area contributed by atoms with Crippen LogP contribution in [0.5, 0.6) is 0 Å². The fourth-order valence-electron chi connectivity index (χ4n) is 2.13. The molecule has 0 saturated heterocycles. The van der Waals surface area contributed by atoms with E-state index in [1.807, 2.05) is 0 Å². The molecule has 0 unspecified atom stereocenters. The molecule has 0 spiro atoms. The zero-order valence-corrected chi connectivity index (χ0v) is 9.21. The molecule has 0 bridgehead atoms. The number of hydrogen-bond acceptors (Lipinski definition) is 1. The molecule has 1 aromatic heterocycles. The van der Waals surface area contributed by atoms with Gasteiger partial charge in [0, 0.05) is 32.5 Å². The number of hydrogen-bond donors (Lipinski definition) is 1. The van der Waals surface area contributed by atoms with Crippen LogP contribution >= 0.6 is 0 Å². The minimum atomic E-state index is 0.592. The zero-order chi connectivity index (χ0) is 10.0. The highest BCUT2D eigenvalue weighted by molar-refractivity contribution is 5.09. The third kappa shape index (κ3) is 2.18. The van der Waals surface area contributed by atoms with Gasteiger partial charge in [-0.25, -0.2) is 0 Å². The van der Waals surface area contributed by atoms with E-state index in [2.05, 4.69) is 42.3 Å². The summed E-state index contributed by atoms with van der Waals surface area (Å²) in [6.45, 7) is 4.56. The third-order valence-corrected chi connectivity index (χ3v) is 3.33. The van der Waals surface area contributed by atoms with Crippen LogP contribution in [0.25, 0.3) is 0 Å². The molecule has 2 nitrogen and oxygen atoms in total. The summed E-state index contributed by atoms with van der Waals surface area (Å²) in [7, 11) is 2.07. The lowest BCUT2D eigenvalue weighted by atomic mass is 9.70. The van der Waals surface area contributed by atoms with Crippen LogP contribution in [0.1, 0.15) is 31.7 Å². The van der Waals surface area contributed by atoms with E-state index in [1.165, 1.54) is 31.4 Å². The Morgan fingerprint density at radius 3 is 2.79 bits per heavy atom. The van der Waals surface area contributed by atoms with Gasteiger partial charge in [0.15, 0.2) is 0 Å². The van der Waals surface area contributed by atoms with Crippen molar-refractivity contribution in [1.29, 1.82) is 0 Å².